The van der Waals surface area contributed by atoms with Crippen LogP contribution in [0, 0.1) is 23.7 Å². The molecule has 0 radical (unpaired) electrons. The second-order valence-electron chi connectivity index (χ2n) is 8.28. The third-order valence-corrected chi connectivity index (χ3v) is 6.33. The first-order valence-corrected chi connectivity index (χ1v) is 10.8. The summed E-state index contributed by atoms with van der Waals surface area (Å²) in [4.78, 5) is 13.0. The number of aliphatic hydroxyl groups is 1. The fourth-order valence-electron chi connectivity index (χ4n) is 4.71. The number of rotatable bonds is 9. The standard InChI is InChI=1S/C27H29NO2/c29-19-25(27(30)28-18-22-14-8-3-9-15-22)26-23(16-20-10-4-1-5-11-20)24(26)17-21-12-6-2-7-13-21/h1-15,23-26,29H,16-19H2,(H,28,30)/t23-,24?,25?,26?/m1/s1. The summed E-state index contributed by atoms with van der Waals surface area (Å²) in [7, 11) is 0. The molecule has 1 amide bonds. The maximum atomic E-state index is 13.0. The number of carbonyl (C=O) groups is 1. The number of carbonyl (C=O) groups excluding carboxylic acids is 1. The molecule has 2 N–H and O–H groups in total. The van der Waals surface area contributed by atoms with Crippen LogP contribution in [0.5, 0.6) is 0 Å². The van der Waals surface area contributed by atoms with E-state index in [0.29, 0.717) is 18.4 Å². The minimum absolute atomic E-state index is 0.0417. The molecule has 30 heavy (non-hydrogen) atoms. The van der Waals surface area contributed by atoms with Crippen LogP contribution in [0.25, 0.3) is 0 Å². The van der Waals surface area contributed by atoms with Gasteiger partial charge in [-0.15, -0.1) is 0 Å². The molecule has 0 spiro atoms. The van der Waals surface area contributed by atoms with Crippen LogP contribution in [-0.4, -0.2) is 17.6 Å². The summed E-state index contributed by atoms with van der Waals surface area (Å²) < 4.78 is 0. The first-order chi connectivity index (χ1) is 14.8. The molecule has 1 aliphatic carbocycles. The van der Waals surface area contributed by atoms with Crippen LogP contribution in [0.3, 0.4) is 0 Å². The zero-order chi connectivity index (χ0) is 20.8. The Labute approximate surface area is 178 Å². The highest BCUT2D eigenvalue weighted by Crippen LogP contribution is 2.54. The van der Waals surface area contributed by atoms with Gasteiger partial charge in [-0.1, -0.05) is 91.0 Å². The molecule has 0 heterocycles. The molecule has 4 rings (SSSR count). The van der Waals surface area contributed by atoms with E-state index < -0.39 is 0 Å². The van der Waals surface area contributed by atoms with E-state index in [4.69, 9.17) is 0 Å². The topological polar surface area (TPSA) is 49.3 Å². The second kappa shape index (κ2) is 9.73. The van der Waals surface area contributed by atoms with Crippen molar-refractivity contribution >= 4 is 5.91 Å². The molecule has 3 heteroatoms. The van der Waals surface area contributed by atoms with Crippen molar-refractivity contribution in [3.63, 3.8) is 0 Å². The van der Waals surface area contributed by atoms with Crippen molar-refractivity contribution in [2.45, 2.75) is 19.4 Å². The van der Waals surface area contributed by atoms with E-state index in [1.54, 1.807) is 0 Å². The molecular weight excluding hydrogens is 370 g/mol. The molecule has 0 saturated heterocycles. The number of aliphatic hydroxyl groups excluding tert-OH is 1. The van der Waals surface area contributed by atoms with Gasteiger partial charge in [-0.25, -0.2) is 0 Å². The van der Waals surface area contributed by atoms with Crippen molar-refractivity contribution in [2.75, 3.05) is 6.61 Å². The molecule has 154 valence electrons. The molecule has 1 aliphatic rings. The van der Waals surface area contributed by atoms with E-state index >= 15 is 0 Å². The largest absolute Gasteiger partial charge is 0.396 e. The lowest BCUT2D eigenvalue weighted by Gasteiger charge is -2.15. The SMILES string of the molecule is O=C(NCc1ccccc1)C(CO)C1C(Cc2ccccc2)[C@H]1Cc1ccccc1. The van der Waals surface area contributed by atoms with Crippen molar-refractivity contribution in [1.29, 1.82) is 0 Å². The maximum Gasteiger partial charge on any atom is 0.225 e. The Balaban J connectivity index is 1.46. The molecule has 0 bridgehead atoms. The highest BCUT2D eigenvalue weighted by atomic mass is 16.3. The van der Waals surface area contributed by atoms with Crippen LogP contribution in [-0.2, 0) is 24.2 Å². The molecule has 3 unspecified atom stereocenters. The molecular formula is C27H29NO2. The molecule has 3 aromatic carbocycles. The van der Waals surface area contributed by atoms with Crippen LogP contribution in [0.4, 0.5) is 0 Å². The fourth-order valence-corrected chi connectivity index (χ4v) is 4.71. The van der Waals surface area contributed by atoms with Crippen molar-refractivity contribution in [1.82, 2.24) is 5.32 Å². The minimum Gasteiger partial charge on any atom is -0.396 e. The van der Waals surface area contributed by atoms with Gasteiger partial charge in [0.1, 0.15) is 0 Å². The molecule has 1 saturated carbocycles. The van der Waals surface area contributed by atoms with Crippen LogP contribution in [0.15, 0.2) is 91.0 Å². The minimum atomic E-state index is -0.365. The first-order valence-electron chi connectivity index (χ1n) is 10.8. The number of hydrogen-bond acceptors (Lipinski definition) is 2. The van der Waals surface area contributed by atoms with Gasteiger partial charge in [0.15, 0.2) is 0 Å². The lowest BCUT2D eigenvalue weighted by molar-refractivity contribution is -0.127. The molecule has 0 aromatic heterocycles. The summed E-state index contributed by atoms with van der Waals surface area (Å²) in [6.07, 6.45) is 1.90. The Hall–Kier alpha value is -2.91. The van der Waals surface area contributed by atoms with Crippen LogP contribution >= 0.6 is 0 Å². The van der Waals surface area contributed by atoms with Gasteiger partial charge in [-0.3, -0.25) is 4.79 Å². The summed E-state index contributed by atoms with van der Waals surface area (Å²) in [5, 5.41) is 13.2. The van der Waals surface area contributed by atoms with Gasteiger partial charge in [-0.05, 0) is 47.3 Å². The van der Waals surface area contributed by atoms with Gasteiger partial charge < -0.3 is 10.4 Å². The summed E-state index contributed by atoms with van der Waals surface area (Å²) in [5.41, 5.74) is 3.66. The zero-order valence-corrected chi connectivity index (χ0v) is 17.2. The van der Waals surface area contributed by atoms with Gasteiger partial charge in [0.2, 0.25) is 5.91 Å². The Morgan fingerprint density at radius 1 is 0.733 bits per heavy atom. The maximum absolute atomic E-state index is 13.0. The molecule has 3 aromatic rings. The molecule has 0 aliphatic heterocycles. The van der Waals surface area contributed by atoms with Gasteiger partial charge in [0, 0.05) is 6.54 Å². The summed E-state index contributed by atoms with van der Waals surface area (Å²) in [5.74, 6) is 0.613. The van der Waals surface area contributed by atoms with Gasteiger partial charge in [0.05, 0.1) is 12.5 Å². The second-order valence-corrected chi connectivity index (χ2v) is 8.28. The van der Waals surface area contributed by atoms with Crippen LogP contribution in [0.2, 0.25) is 0 Å². The monoisotopic (exact) mass is 399 g/mol. The van der Waals surface area contributed by atoms with Gasteiger partial charge >= 0.3 is 0 Å². The van der Waals surface area contributed by atoms with Crippen LogP contribution < -0.4 is 5.32 Å². The highest BCUT2D eigenvalue weighted by molar-refractivity contribution is 5.79. The Bertz CT molecular complexity index is 879. The molecule has 1 fully saturated rings. The summed E-state index contributed by atoms with van der Waals surface area (Å²) in [6, 6.07) is 30.8. The van der Waals surface area contributed by atoms with E-state index in [1.165, 1.54) is 11.1 Å². The smallest absolute Gasteiger partial charge is 0.225 e. The number of nitrogens with one attached hydrogen (secondary N) is 1. The normalized spacial score (nSPS) is 21.0. The van der Waals surface area contributed by atoms with E-state index in [-0.39, 0.29) is 24.3 Å². The predicted octanol–water partition coefficient (Wildman–Crippen LogP) is 4.26. The van der Waals surface area contributed by atoms with Crippen molar-refractivity contribution in [3.8, 4) is 0 Å². The lowest BCUT2D eigenvalue weighted by atomic mass is 9.98. The molecule has 3 nitrogen and oxygen atoms in total. The Morgan fingerprint density at radius 2 is 1.17 bits per heavy atom. The Kier molecular flexibility index (Phi) is 6.60. The third kappa shape index (κ3) is 4.98. The number of benzene rings is 3. The van der Waals surface area contributed by atoms with E-state index in [2.05, 4.69) is 53.8 Å². The van der Waals surface area contributed by atoms with Crippen molar-refractivity contribution in [3.05, 3.63) is 108 Å². The van der Waals surface area contributed by atoms with Crippen LogP contribution in [0.1, 0.15) is 16.7 Å². The first kappa shape index (κ1) is 20.4. The predicted molar refractivity (Wildman–Crippen MR) is 120 cm³/mol. The van der Waals surface area contributed by atoms with E-state index in [1.807, 2.05) is 42.5 Å². The number of amides is 1. The highest BCUT2D eigenvalue weighted by Gasteiger charge is 2.54. The fraction of sp³-hybridized carbons (Fsp3) is 0.296. The number of hydrogen-bond donors (Lipinski definition) is 2. The Morgan fingerprint density at radius 3 is 1.60 bits per heavy atom. The van der Waals surface area contributed by atoms with Crippen molar-refractivity contribution in [2.24, 2.45) is 23.7 Å². The van der Waals surface area contributed by atoms with E-state index in [0.717, 1.165) is 18.4 Å². The lowest BCUT2D eigenvalue weighted by Crippen LogP contribution is -2.34. The average molecular weight is 400 g/mol. The molecule has 4 atom stereocenters. The van der Waals surface area contributed by atoms with E-state index in [9.17, 15) is 9.90 Å². The quantitative estimate of drug-likeness (QED) is 0.565. The third-order valence-electron chi connectivity index (χ3n) is 6.33. The van der Waals surface area contributed by atoms with Crippen molar-refractivity contribution < 1.29 is 9.90 Å². The van der Waals surface area contributed by atoms with Gasteiger partial charge in [0.25, 0.3) is 0 Å². The zero-order valence-electron chi connectivity index (χ0n) is 17.2. The summed E-state index contributed by atoms with van der Waals surface area (Å²) in [6.45, 7) is 0.386. The summed E-state index contributed by atoms with van der Waals surface area (Å²) >= 11 is 0. The van der Waals surface area contributed by atoms with Gasteiger partial charge in [-0.2, -0.15) is 0 Å². The average Bonchev–Trinajstić information content (AvgIpc) is 3.45.